The van der Waals surface area contributed by atoms with Crippen LogP contribution in [0.2, 0.25) is 0 Å². The van der Waals surface area contributed by atoms with Crippen LogP contribution in [0, 0.1) is 27.7 Å². The number of nitrogens with two attached hydrogens (primary N) is 2. The van der Waals surface area contributed by atoms with Crippen LogP contribution >= 0.6 is 63.7 Å². The summed E-state index contributed by atoms with van der Waals surface area (Å²) < 4.78 is 21.3. The Labute approximate surface area is 530 Å². The fourth-order valence-corrected chi connectivity index (χ4v) is 10.6. The number of aromatic nitrogens is 11. The molecule has 0 aliphatic heterocycles. The number of benzene rings is 5. The number of hydrogen-bond acceptors (Lipinski definition) is 13. The third-order valence-electron chi connectivity index (χ3n) is 12.4. The Morgan fingerprint density at radius 1 is 0.477 bits per heavy atom. The number of aryl methyl sites for hydroxylation is 4. The van der Waals surface area contributed by atoms with E-state index in [-0.39, 0.29) is 0 Å². The number of amides is 2. The Hall–Kier alpha value is -8.51. The fraction of sp³-hybridized carbons (Fsp3) is 0.190. The van der Waals surface area contributed by atoms with Gasteiger partial charge in [0, 0.05) is 80.3 Å². The summed E-state index contributed by atoms with van der Waals surface area (Å²) in [5.74, 6) is 2.23. The van der Waals surface area contributed by atoms with E-state index in [2.05, 4.69) is 129 Å². The zero-order valence-corrected chi connectivity index (χ0v) is 55.0. The first-order valence-electron chi connectivity index (χ1n) is 26.8. The van der Waals surface area contributed by atoms with Crippen molar-refractivity contribution < 1.29 is 19.1 Å². The van der Waals surface area contributed by atoms with Gasteiger partial charge in [0.25, 0.3) is 0 Å². The molecule has 23 heteroatoms. The van der Waals surface area contributed by atoms with E-state index in [1.807, 2.05) is 195 Å². The SMILES string of the molecule is Cc1cccc(-n2cc3c(N)cc(Br)cc3n2)c1.Cc1cccc(-n2cc3c(NC(=O)OC(C)(C)C)cc(Br)cc3n2)n1.Cc1cccc(-n2ncc3c(N)cc(Br)cc32)n1.Cc1cccc(-n2ncc3c(NC(=O)OC(C)(C)C)cc(Br)cc32)n1. The highest BCUT2D eigenvalue weighted by atomic mass is 79.9. The van der Waals surface area contributed by atoms with Crippen molar-refractivity contribution in [2.24, 2.45) is 0 Å². The first-order valence-corrected chi connectivity index (χ1v) is 30.0. The molecule has 6 N–H and O–H groups in total. The summed E-state index contributed by atoms with van der Waals surface area (Å²) in [7, 11) is 0. The van der Waals surface area contributed by atoms with Gasteiger partial charge in [-0.2, -0.15) is 20.4 Å². The maximum Gasteiger partial charge on any atom is 0.412 e. The molecule has 19 nitrogen and oxygen atoms in total. The number of nitrogens with one attached hydrogen (secondary N) is 2. The third kappa shape index (κ3) is 15.7. The van der Waals surface area contributed by atoms with Crippen molar-refractivity contribution >= 4 is 142 Å². The van der Waals surface area contributed by atoms with Crippen LogP contribution in [-0.2, 0) is 9.47 Å². The van der Waals surface area contributed by atoms with E-state index in [1.165, 1.54) is 5.56 Å². The van der Waals surface area contributed by atoms with Gasteiger partial charge < -0.3 is 20.9 Å². The predicted molar refractivity (Wildman–Crippen MR) is 356 cm³/mol. The van der Waals surface area contributed by atoms with Gasteiger partial charge in [-0.25, -0.2) is 43.3 Å². The molecule has 0 radical (unpaired) electrons. The first kappa shape index (κ1) is 62.0. The molecule has 86 heavy (non-hydrogen) atoms. The molecule has 0 unspecified atom stereocenters. The monoisotopic (exact) mass is 1410 g/mol. The molecule has 12 aromatic rings. The molecule has 0 aliphatic carbocycles. The lowest BCUT2D eigenvalue weighted by atomic mass is 10.2. The van der Waals surface area contributed by atoms with Crippen LogP contribution in [0.15, 0.2) is 170 Å². The van der Waals surface area contributed by atoms with Crippen LogP contribution in [0.1, 0.15) is 64.2 Å². The van der Waals surface area contributed by atoms with Gasteiger partial charge in [-0.15, -0.1) is 0 Å². The number of halogens is 4. The van der Waals surface area contributed by atoms with E-state index in [0.29, 0.717) is 17.1 Å². The number of carbonyl (C=O) groups is 2. The van der Waals surface area contributed by atoms with Crippen molar-refractivity contribution in [3.05, 3.63) is 193 Å². The minimum Gasteiger partial charge on any atom is -0.444 e. The molecule has 7 aromatic heterocycles. The maximum atomic E-state index is 12.1. The van der Waals surface area contributed by atoms with Crippen LogP contribution in [0.3, 0.4) is 0 Å². The summed E-state index contributed by atoms with van der Waals surface area (Å²) in [6.07, 6.45) is 6.27. The quantitative estimate of drug-likeness (QED) is 0.113. The molecule has 5 aromatic carbocycles. The van der Waals surface area contributed by atoms with Crippen molar-refractivity contribution in [3.63, 3.8) is 0 Å². The normalized spacial score (nSPS) is 11.3. The second kappa shape index (κ2) is 26.0. The van der Waals surface area contributed by atoms with Gasteiger partial charge in [-0.3, -0.25) is 10.6 Å². The molecule has 440 valence electrons. The van der Waals surface area contributed by atoms with E-state index in [4.69, 9.17) is 20.9 Å². The van der Waals surface area contributed by atoms with Gasteiger partial charge in [0.05, 0.1) is 51.5 Å². The number of hydrogen-bond donors (Lipinski definition) is 4. The predicted octanol–water partition coefficient (Wildman–Crippen LogP) is 16.4. The second-order valence-corrected chi connectivity index (χ2v) is 25.6. The average Bonchev–Trinajstić information content (AvgIpc) is 3.42. The average molecular weight is 1410 g/mol. The number of nitrogen functional groups attached to an aromatic ring is 2. The van der Waals surface area contributed by atoms with E-state index in [1.54, 1.807) is 26.4 Å². The summed E-state index contributed by atoms with van der Waals surface area (Å²) in [6, 6.07) is 40.8. The van der Waals surface area contributed by atoms with Crippen molar-refractivity contribution in [2.75, 3.05) is 22.1 Å². The highest BCUT2D eigenvalue weighted by Gasteiger charge is 2.21. The summed E-state index contributed by atoms with van der Waals surface area (Å²) >= 11 is 13.8. The summed E-state index contributed by atoms with van der Waals surface area (Å²) in [6.45, 7) is 18.8. The highest BCUT2D eigenvalue weighted by Crippen LogP contribution is 2.33. The molecule has 0 saturated heterocycles. The van der Waals surface area contributed by atoms with Crippen LogP contribution in [0.25, 0.3) is 66.8 Å². The Bertz CT molecular complexity index is 4430. The molecule has 12 rings (SSSR count). The number of pyridine rings is 3. The van der Waals surface area contributed by atoms with Crippen LogP contribution in [-0.4, -0.2) is 77.5 Å². The van der Waals surface area contributed by atoms with Gasteiger partial charge >= 0.3 is 12.2 Å². The molecular formula is C63H61Br4N15O4. The molecule has 0 spiro atoms. The summed E-state index contributed by atoms with van der Waals surface area (Å²) in [5.41, 5.74) is 22.0. The Morgan fingerprint density at radius 2 is 0.895 bits per heavy atom. The molecule has 0 saturated carbocycles. The Morgan fingerprint density at radius 3 is 1.43 bits per heavy atom. The zero-order chi connectivity index (χ0) is 61.8. The van der Waals surface area contributed by atoms with Crippen molar-refractivity contribution in [3.8, 4) is 23.1 Å². The standard InChI is InChI=1S/2C18H19BrN4O2.C14H12BrN3.C13H11BrN4/c1-11-6-5-7-16(20-11)23-10-13-14(8-12(19)9-15(13)22-23)21-17(24)25-18(2,3)4;1-11-6-5-7-16(21-11)23-15-9-12(19)8-14(13(15)10-20-23)22-17(24)25-18(2,3)4;1-9-3-2-4-11(5-9)18-8-12-13(16)6-10(15)7-14(12)17-18;1-8-3-2-4-13(17-8)18-12-6-9(14)5-11(15)10(12)7-16-18/h5-10H,1-4H3,(H,21,24);5-10H,1-4H3,(H,22,24);2-8H,16H2,1H3;2-7H,15H2,1H3. The minimum absolute atomic E-state index is 0.506. The molecule has 2 amide bonds. The van der Waals surface area contributed by atoms with E-state index >= 15 is 0 Å². The van der Waals surface area contributed by atoms with Crippen LogP contribution in [0.5, 0.6) is 0 Å². The number of ether oxygens (including phenoxy) is 2. The zero-order valence-electron chi connectivity index (χ0n) is 48.7. The lowest BCUT2D eigenvalue weighted by molar-refractivity contribution is 0.0624. The molecule has 0 atom stereocenters. The van der Waals surface area contributed by atoms with E-state index in [9.17, 15) is 9.59 Å². The van der Waals surface area contributed by atoms with Gasteiger partial charge in [0.2, 0.25) is 0 Å². The van der Waals surface area contributed by atoms with Gasteiger partial charge in [-0.1, -0.05) is 94.1 Å². The topological polar surface area (TPSA) is 239 Å². The lowest BCUT2D eigenvalue weighted by Gasteiger charge is -2.20. The summed E-state index contributed by atoms with van der Waals surface area (Å²) in [5, 5.41) is 27.0. The Balaban J connectivity index is 0.000000139. The molecule has 0 bridgehead atoms. The molecule has 7 heterocycles. The fourth-order valence-electron chi connectivity index (χ4n) is 8.78. The van der Waals surface area contributed by atoms with Crippen molar-refractivity contribution in [2.45, 2.75) is 80.4 Å². The van der Waals surface area contributed by atoms with Crippen LogP contribution < -0.4 is 22.1 Å². The van der Waals surface area contributed by atoms with Gasteiger partial charge in [0.1, 0.15) is 11.2 Å². The summed E-state index contributed by atoms with van der Waals surface area (Å²) in [4.78, 5) is 37.7. The Kier molecular flexibility index (Phi) is 18.8. The minimum atomic E-state index is -0.565. The smallest absolute Gasteiger partial charge is 0.412 e. The third-order valence-corrected chi connectivity index (χ3v) is 14.2. The van der Waals surface area contributed by atoms with E-state index < -0.39 is 23.4 Å². The first-order chi connectivity index (χ1) is 40.7. The van der Waals surface area contributed by atoms with E-state index in [0.717, 1.165) is 107 Å². The number of carbonyl (C=O) groups excluding carboxylic acids is 2. The molecule has 0 fully saturated rings. The van der Waals surface area contributed by atoms with Crippen LogP contribution in [0.4, 0.5) is 32.3 Å². The molecular weight excluding hydrogens is 1350 g/mol. The van der Waals surface area contributed by atoms with Gasteiger partial charge in [0.15, 0.2) is 17.5 Å². The second-order valence-electron chi connectivity index (χ2n) is 21.9. The largest absolute Gasteiger partial charge is 0.444 e. The maximum absolute atomic E-state index is 12.1. The number of fused-ring (bicyclic) bond motifs is 4. The number of rotatable bonds is 6. The van der Waals surface area contributed by atoms with Crippen molar-refractivity contribution in [1.82, 2.24) is 54.1 Å². The lowest BCUT2D eigenvalue weighted by Crippen LogP contribution is -2.27. The number of anilines is 4. The number of nitrogens with zero attached hydrogens (tertiary/aromatic N) is 11. The molecule has 0 aliphatic rings. The van der Waals surface area contributed by atoms with Gasteiger partial charge in [-0.05, 0) is 172 Å². The highest BCUT2D eigenvalue weighted by molar-refractivity contribution is 9.11. The van der Waals surface area contributed by atoms with Crippen molar-refractivity contribution in [1.29, 1.82) is 0 Å².